The monoisotopic (exact) mass is 269 g/mol. The highest BCUT2D eigenvalue weighted by Crippen LogP contribution is 2.24. The molecule has 1 rings (SSSR count). The van der Waals surface area contributed by atoms with E-state index in [1.807, 2.05) is 34.9 Å². The third-order valence-electron chi connectivity index (χ3n) is 4.10. The molecule has 1 aliphatic rings. The Morgan fingerprint density at radius 3 is 2.37 bits per heavy atom. The van der Waals surface area contributed by atoms with Crippen LogP contribution >= 0.6 is 0 Å². The van der Waals surface area contributed by atoms with Crippen LogP contribution in [0.2, 0.25) is 0 Å². The Morgan fingerprint density at radius 1 is 1.32 bits per heavy atom. The molecule has 0 aromatic heterocycles. The van der Waals surface area contributed by atoms with Gasteiger partial charge in [-0.15, -0.1) is 0 Å². The van der Waals surface area contributed by atoms with E-state index >= 15 is 0 Å². The van der Waals surface area contributed by atoms with Crippen LogP contribution in [0.15, 0.2) is 0 Å². The largest absolute Gasteiger partial charge is 0.340 e. The van der Waals surface area contributed by atoms with Crippen LogP contribution in [-0.4, -0.2) is 60.4 Å². The average molecular weight is 269 g/mol. The zero-order valence-electron chi connectivity index (χ0n) is 12.8. The molecule has 0 radical (unpaired) electrons. The number of nitrogens with one attached hydrogen (secondary N) is 1. The summed E-state index contributed by atoms with van der Waals surface area (Å²) in [6.07, 6.45) is 2.17. The second kappa shape index (κ2) is 6.37. The molecule has 0 saturated carbocycles. The van der Waals surface area contributed by atoms with Crippen LogP contribution in [-0.2, 0) is 9.59 Å². The lowest BCUT2D eigenvalue weighted by Crippen LogP contribution is -2.67. The number of carbonyl (C=O) groups excluding carboxylic acids is 2. The van der Waals surface area contributed by atoms with Gasteiger partial charge in [0.2, 0.25) is 11.8 Å². The highest BCUT2D eigenvalue weighted by atomic mass is 16.2. The van der Waals surface area contributed by atoms with Crippen LogP contribution in [0.5, 0.6) is 0 Å². The van der Waals surface area contributed by atoms with Crippen LogP contribution < -0.4 is 5.32 Å². The third kappa shape index (κ3) is 3.47. The van der Waals surface area contributed by atoms with Crippen molar-refractivity contribution in [3.8, 4) is 0 Å². The molecule has 1 aliphatic heterocycles. The van der Waals surface area contributed by atoms with E-state index in [1.54, 1.807) is 4.90 Å². The maximum Gasteiger partial charge on any atom is 0.249 e. The first-order valence-corrected chi connectivity index (χ1v) is 7.13. The zero-order chi connectivity index (χ0) is 14.6. The van der Waals surface area contributed by atoms with Gasteiger partial charge in [-0.25, -0.2) is 0 Å². The molecule has 19 heavy (non-hydrogen) atoms. The van der Waals surface area contributed by atoms with E-state index in [0.717, 1.165) is 13.0 Å². The van der Waals surface area contributed by atoms with Crippen LogP contribution in [0.3, 0.4) is 0 Å². The quantitative estimate of drug-likeness (QED) is 0.777. The SMILES string of the molecule is CCC1(CC)NC(=O)CN(C(C)CCN(C)C)C1=O. The molecule has 0 aliphatic carbocycles. The Hall–Kier alpha value is -1.10. The van der Waals surface area contributed by atoms with E-state index < -0.39 is 5.54 Å². The van der Waals surface area contributed by atoms with Crippen molar-refractivity contribution in [3.05, 3.63) is 0 Å². The molecule has 2 amide bonds. The van der Waals surface area contributed by atoms with Gasteiger partial charge in [0.05, 0.1) is 6.54 Å². The predicted octanol–water partition coefficient (Wildman–Crippen LogP) is 0.844. The minimum atomic E-state index is -0.693. The fourth-order valence-electron chi connectivity index (χ4n) is 2.55. The molecule has 1 saturated heterocycles. The molecule has 5 nitrogen and oxygen atoms in total. The maximum absolute atomic E-state index is 12.6. The van der Waals surface area contributed by atoms with Crippen molar-refractivity contribution in [1.82, 2.24) is 15.1 Å². The summed E-state index contributed by atoms with van der Waals surface area (Å²) in [5.74, 6) is 0.0309. The van der Waals surface area contributed by atoms with Gasteiger partial charge in [0, 0.05) is 6.04 Å². The summed E-state index contributed by atoms with van der Waals surface area (Å²) in [5.41, 5.74) is -0.693. The Balaban J connectivity index is 2.82. The number of carbonyl (C=O) groups is 2. The van der Waals surface area contributed by atoms with Crippen molar-refractivity contribution in [3.63, 3.8) is 0 Å². The third-order valence-corrected chi connectivity index (χ3v) is 4.10. The molecule has 0 bridgehead atoms. The van der Waals surface area contributed by atoms with E-state index in [2.05, 4.69) is 10.2 Å². The van der Waals surface area contributed by atoms with Crippen LogP contribution in [0.4, 0.5) is 0 Å². The summed E-state index contributed by atoms with van der Waals surface area (Å²) in [6.45, 7) is 7.04. The van der Waals surface area contributed by atoms with Gasteiger partial charge in [0.25, 0.3) is 0 Å². The predicted molar refractivity (Wildman–Crippen MR) is 75.8 cm³/mol. The van der Waals surface area contributed by atoms with Crippen molar-refractivity contribution in [2.45, 2.75) is 51.6 Å². The molecule has 0 aromatic carbocycles. The minimum Gasteiger partial charge on any atom is -0.340 e. The van der Waals surface area contributed by atoms with E-state index in [1.165, 1.54) is 0 Å². The Kier molecular flexibility index (Phi) is 5.35. The van der Waals surface area contributed by atoms with Gasteiger partial charge in [-0.3, -0.25) is 9.59 Å². The minimum absolute atomic E-state index is 0.0417. The van der Waals surface area contributed by atoms with Crippen molar-refractivity contribution in [2.24, 2.45) is 0 Å². The van der Waals surface area contributed by atoms with Gasteiger partial charge in [-0.2, -0.15) is 0 Å². The Morgan fingerprint density at radius 2 is 1.89 bits per heavy atom. The number of amides is 2. The number of hydrogen-bond donors (Lipinski definition) is 1. The van der Waals surface area contributed by atoms with Gasteiger partial charge < -0.3 is 15.1 Å². The van der Waals surface area contributed by atoms with Crippen LogP contribution in [0.1, 0.15) is 40.0 Å². The first kappa shape index (κ1) is 16.0. The summed E-state index contributed by atoms with van der Waals surface area (Å²) >= 11 is 0. The van der Waals surface area contributed by atoms with Gasteiger partial charge in [0.15, 0.2) is 0 Å². The molecule has 5 heteroatoms. The lowest BCUT2D eigenvalue weighted by Gasteiger charge is -2.43. The summed E-state index contributed by atoms with van der Waals surface area (Å²) in [5, 5.41) is 2.89. The van der Waals surface area contributed by atoms with Crippen molar-refractivity contribution < 1.29 is 9.59 Å². The topological polar surface area (TPSA) is 52.7 Å². The summed E-state index contributed by atoms with van der Waals surface area (Å²) < 4.78 is 0. The molecule has 1 unspecified atom stereocenters. The molecular weight excluding hydrogens is 242 g/mol. The maximum atomic E-state index is 12.6. The summed E-state index contributed by atoms with van der Waals surface area (Å²) in [6, 6.07) is 0.0958. The molecule has 0 spiro atoms. The van der Waals surface area contributed by atoms with E-state index in [4.69, 9.17) is 0 Å². The molecule has 1 atom stereocenters. The lowest BCUT2D eigenvalue weighted by atomic mass is 9.88. The highest BCUT2D eigenvalue weighted by molar-refractivity contribution is 5.98. The van der Waals surface area contributed by atoms with E-state index in [-0.39, 0.29) is 24.4 Å². The molecule has 0 aromatic rings. The van der Waals surface area contributed by atoms with Crippen molar-refractivity contribution in [1.29, 1.82) is 0 Å². The van der Waals surface area contributed by atoms with Gasteiger partial charge in [-0.1, -0.05) is 13.8 Å². The smallest absolute Gasteiger partial charge is 0.249 e. The summed E-state index contributed by atoms with van der Waals surface area (Å²) in [4.78, 5) is 28.4. The van der Waals surface area contributed by atoms with Crippen LogP contribution in [0.25, 0.3) is 0 Å². The fraction of sp³-hybridized carbons (Fsp3) is 0.857. The van der Waals surface area contributed by atoms with Gasteiger partial charge in [-0.05, 0) is 46.8 Å². The van der Waals surface area contributed by atoms with Crippen LogP contribution in [0, 0.1) is 0 Å². The lowest BCUT2D eigenvalue weighted by molar-refractivity contribution is -0.152. The Bertz CT molecular complexity index is 338. The van der Waals surface area contributed by atoms with Gasteiger partial charge in [0.1, 0.15) is 5.54 Å². The van der Waals surface area contributed by atoms with Gasteiger partial charge >= 0.3 is 0 Å². The molecule has 1 heterocycles. The summed E-state index contributed by atoms with van der Waals surface area (Å²) in [7, 11) is 4.03. The van der Waals surface area contributed by atoms with E-state index in [0.29, 0.717) is 12.8 Å². The zero-order valence-corrected chi connectivity index (χ0v) is 12.8. The molecule has 1 fully saturated rings. The van der Waals surface area contributed by atoms with Crippen molar-refractivity contribution >= 4 is 11.8 Å². The number of hydrogen-bond acceptors (Lipinski definition) is 3. The van der Waals surface area contributed by atoms with Crippen molar-refractivity contribution in [2.75, 3.05) is 27.2 Å². The molecule has 1 N–H and O–H groups in total. The second-order valence-corrected chi connectivity index (χ2v) is 5.71. The first-order valence-electron chi connectivity index (χ1n) is 7.13. The Labute approximate surface area is 116 Å². The number of rotatable bonds is 6. The standard InChI is InChI=1S/C14H27N3O2/c1-6-14(7-2)13(19)17(10-12(18)15-14)11(3)8-9-16(4)5/h11H,6-10H2,1-5H3,(H,15,18). The highest BCUT2D eigenvalue weighted by Gasteiger charge is 2.45. The second-order valence-electron chi connectivity index (χ2n) is 5.71. The van der Waals surface area contributed by atoms with E-state index in [9.17, 15) is 9.59 Å². The molecule has 110 valence electrons. The normalized spacial score (nSPS) is 20.6. The molecular formula is C14H27N3O2. The average Bonchev–Trinajstić information content (AvgIpc) is 2.38. The fourth-order valence-corrected chi connectivity index (χ4v) is 2.55. The number of nitrogens with zero attached hydrogens (tertiary/aromatic N) is 2. The first-order chi connectivity index (χ1) is 8.86. The number of piperazine rings is 1.